The largest absolute Gasteiger partial charge is 0.504 e. The van der Waals surface area contributed by atoms with Gasteiger partial charge in [0.1, 0.15) is 5.03 Å². The average molecular weight is 377 g/mol. The maximum Gasteiger partial charge on any atom is 0.269 e. The molecule has 0 aliphatic heterocycles. The third-order valence-corrected chi connectivity index (χ3v) is 4.17. The van der Waals surface area contributed by atoms with E-state index in [4.69, 9.17) is 27.7 Å². The van der Waals surface area contributed by atoms with Crippen molar-refractivity contribution in [2.24, 2.45) is 0 Å². The van der Waals surface area contributed by atoms with Crippen LogP contribution in [0.5, 0.6) is 11.5 Å². The van der Waals surface area contributed by atoms with Crippen LogP contribution in [-0.4, -0.2) is 20.4 Å². The van der Waals surface area contributed by atoms with Crippen LogP contribution in [0.2, 0.25) is 5.02 Å². The monoisotopic (exact) mass is 376 g/mol. The Morgan fingerprint density at radius 3 is 2.56 bits per heavy atom. The zero-order chi connectivity index (χ0) is 18.0. The Morgan fingerprint density at radius 1 is 1.20 bits per heavy atom. The Labute approximate surface area is 154 Å². The van der Waals surface area contributed by atoms with E-state index in [2.05, 4.69) is 17.1 Å². The molecule has 5 nitrogen and oxygen atoms in total. The van der Waals surface area contributed by atoms with E-state index in [1.165, 1.54) is 23.8 Å². The summed E-state index contributed by atoms with van der Waals surface area (Å²) in [6.45, 7) is 2.08. The van der Waals surface area contributed by atoms with Crippen LogP contribution in [0.4, 0.5) is 0 Å². The first-order valence-electron chi connectivity index (χ1n) is 7.50. The van der Waals surface area contributed by atoms with Crippen LogP contribution in [0.1, 0.15) is 23.9 Å². The summed E-state index contributed by atoms with van der Waals surface area (Å²) in [5.41, 5.74) is 2.52. The highest BCUT2D eigenvalue weighted by molar-refractivity contribution is 6.50. The molecule has 0 aliphatic carbocycles. The Hall–Kier alpha value is -2.50. The van der Waals surface area contributed by atoms with E-state index in [-0.39, 0.29) is 27.4 Å². The van der Waals surface area contributed by atoms with E-state index >= 15 is 0 Å². The van der Waals surface area contributed by atoms with Crippen molar-refractivity contribution in [3.63, 3.8) is 0 Å². The molecule has 0 fully saturated rings. The molecule has 0 aliphatic rings. The normalized spacial score (nSPS) is 11.7. The maximum atomic E-state index is 9.60. The maximum absolute atomic E-state index is 9.60. The predicted molar refractivity (Wildman–Crippen MR) is 97.6 cm³/mol. The fourth-order valence-corrected chi connectivity index (χ4v) is 2.65. The van der Waals surface area contributed by atoms with Crippen molar-refractivity contribution >= 4 is 34.3 Å². The lowest BCUT2D eigenvalue weighted by atomic mass is 10.1. The van der Waals surface area contributed by atoms with Crippen molar-refractivity contribution in [2.75, 3.05) is 0 Å². The molecule has 0 spiro atoms. The molecule has 0 saturated carbocycles. The molecule has 0 unspecified atom stereocenters. The molecule has 128 valence electrons. The Kier molecular flexibility index (Phi) is 4.97. The summed E-state index contributed by atoms with van der Waals surface area (Å²) >= 11 is 12.0. The first-order chi connectivity index (χ1) is 12.0. The zero-order valence-corrected chi connectivity index (χ0v) is 14.7. The number of halogens is 2. The third-order valence-electron chi connectivity index (χ3n) is 3.61. The van der Waals surface area contributed by atoms with E-state index in [1.807, 2.05) is 24.3 Å². The van der Waals surface area contributed by atoms with Gasteiger partial charge in [-0.25, -0.2) is 0 Å². The summed E-state index contributed by atoms with van der Waals surface area (Å²) in [5.74, 6) is -0.160. The summed E-state index contributed by atoms with van der Waals surface area (Å²) in [6.07, 6.45) is 2.46. The van der Waals surface area contributed by atoms with Gasteiger partial charge in [-0.3, -0.25) is 0 Å². The molecule has 0 saturated heterocycles. The number of nitrogens with zero attached hydrogens (tertiary/aromatic N) is 2. The fraction of sp³-hybridized carbons (Fsp3) is 0.111. The van der Waals surface area contributed by atoms with E-state index in [1.54, 1.807) is 0 Å². The molecular formula is C18H14Cl2N2O3. The van der Waals surface area contributed by atoms with Gasteiger partial charge < -0.3 is 14.7 Å². The lowest BCUT2D eigenvalue weighted by Crippen LogP contribution is -1.84. The number of benzene rings is 2. The molecule has 0 bridgehead atoms. The highest BCUT2D eigenvalue weighted by Crippen LogP contribution is 2.35. The van der Waals surface area contributed by atoms with Gasteiger partial charge in [-0.2, -0.15) is 4.98 Å². The minimum Gasteiger partial charge on any atom is -0.504 e. The van der Waals surface area contributed by atoms with Crippen molar-refractivity contribution < 1.29 is 14.7 Å². The quantitative estimate of drug-likeness (QED) is 0.619. The number of hydrogen-bond donors (Lipinski definition) is 2. The lowest BCUT2D eigenvalue weighted by molar-refractivity contribution is 0.404. The lowest BCUT2D eigenvalue weighted by Gasteiger charge is -2.02. The molecule has 0 amide bonds. The van der Waals surface area contributed by atoms with Crippen molar-refractivity contribution in [3.8, 4) is 22.9 Å². The Balaban J connectivity index is 1.88. The second-order valence-corrected chi connectivity index (χ2v) is 6.15. The first kappa shape index (κ1) is 17.3. The zero-order valence-electron chi connectivity index (χ0n) is 13.2. The number of rotatable bonds is 4. The van der Waals surface area contributed by atoms with Gasteiger partial charge in [0.25, 0.3) is 5.89 Å². The smallest absolute Gasteiger partial charge is 0.269 e. The molecule has 7 heteroatoms. The van der Waals surface area contributed by atoms with Crippen LogP contribution in [0.15, 0.2) is 40.9 Å². The Morgan fingerprint density at radius 2 is 1.92 bits per heavy atom. The molecule has 25 heavy (non-hydrogen) atoms. The van der Waals surface area contributed by atoms with Gasteiger partial charge in [0.05, 0.1) is 5.02 Å². The summed E-state index contributed by atoms with van der Waals surface area (Å²) in [4.78, 5) is 4.27. The van der Waals surface area contributed by atoms with Gasteiger partial charge >= 0.3 is 0 Å². The number of phenolic OH excluding ortho intramolecular Hbond substituents is 2. The van der Waals surface area contributed by atoms with E-state index in [0.29, 0.717) is 11.4 Å². The first-order valence-corrected chi connectivity index (χ1v) is 8.25. The third kappa shape index (κ3) is 3.78. The number of aromatic nitrogens is 2. The minimum atomic E-state index is -0.384. The summed E-state index contributed by atoms with van der Waals surface area (Å²) in [5, 5.41) is 23.2. The second kappa shape index (κ2) is 7.17. The molecule has 1 aromatic heterocycles. The minimum absolute atomic E-state index is 0.0120. The molecular weight excluding hydrogens is 363 g/mol. The van der Waals surface area contributed by atoms with E-state index in [0.717, 1.165) is 12.0 Å². The predicted octanol–water partition coefficient (Wildman–Crippen LogP) is 5.10. The van der Waals surface area contributed by atoms with Gasteiger partial charge in [0.2, 0.25) is 5.82 Å². The van der Waals surface area contributed by atoms with E-state index < -0.39 is 0 Å². The Bertz CT molecular complexity index is 911. The molecule has 2 aromatic carbocycles. The second-order valence-electron chi connectivity index (χ2n) is 5.34. The molecule has 0 atom stereocenters. The van der Waals surface area contributed by atoms with Crippen molar-refractivity contribution in [1.29, 1.82) is 0 Å². The summed E-state index contributed by atoms with van der Waals surface area (Å²) in [7, 11) is 0. The standard InChI is InChI=1S/C18H14Cl2N2O3/c1-2-10-3-5-12(6-4-10)17-21-18(25-22-17)14(20)8-11-7-13(19)16(24)15(23)9-11/h3-9,23-24H,2H2,1H3/b14-8-. The molecule has 1 heterocycles. The SMILES string of the molecule is CCc1ccc(-c2noc(/C(Cl)=C/c3cc(O)c(O)c(Cl)c3)n2)cc1. The fourth-order valence-electron chi connectivity index (χ4n) is 2.22. The van der Waals surface area contributed by atoms with Crippen LogP contribution in [0.3, 0.4) is 0 Å². The van der Waals surface area contributed by atoms with E-state index in [9.17, 15) is 10.2 Å². The number of hydrogen-bond acceptors (Lipinski definition) is 5. The van der Waals surface area contributed by atoms with Crippen LogP contribution in [-0.2, 0) is 6.42 Å². The highest BCUT2D eigenvalue weighted by atomic mass is 35.5. The summed E-state index contributed by atoms with van der Waals surface area (Å²) < 4.78 is 5.19. The van der Waals surface area contributed by atoms with Crippen molar-refractivity contribution in [3.05, 3.63) is 58.4 Å². The molecule has 3 aromatic rings. The molecule has 2 N–H and O–H groups in total. The summed E-state index contributed by atoms with van der Waals surface area (Å²) in [6, 6.07) is 10.6. The highest BCUT2D eigenvalue weighted by Gasteiger charge is 2.13. The van der Waals surface area contributed by atoms with Crippen LogP contribution in [0.25, 0.3) is 22.5 Å². The molecule has 3 rings (SSSR count). The number of aryl methyl sites for hydroxylation is 1. The van der Waals surface area contributed by atoms with Gasteiger partial charge in [0.15, 0.2) is 11.5 Å². The van der Waals surface area contributed by atoms with Gasteiger partial charge in [-0.1, -0.05) is 59.5 Å². The van der Waals surface area contributed by atoms with Gasteiger partial charge in [-0.05, 0) is 35.8 Å². The van der Waals surface area contributed by atoms with Crippen LogP contribution >= 0.6 is 23.2 Å². The van der Waals surface area contributed by atoms with Gasteiger partial charge in [0, 0.05) is 5.56 Å². The average Bonchev–Trinajstić information content (AvgIpc) is 3.10. The van der Waals surface area contributed by atoms with Crippen molar-refractivity contribution in [1.82, 2.24) is 10.1 Å². The molecule has 0 radical (unpaired) electrons. The van der Waals surface area contributed by atoms with Crippen LogP contribution in [0, 0.1) is 0 Å². The van der Waals surface area contributed by atoms with Gasteiger partial charge in [-0.15, -0.1) is 0 Å². The number of aromatic hydroxyl groups is 2. The van der Waals surface area contributed by atoms with Crippen LogP contribution < -0.4 is 0 Å². The number of phenols is 2. The van der Waals surface area contributed by atoms with Crippen molar-refractivity contribution in [2.45, 2.75) is 13.3 Å². The topological polar surface area (TPSA) is 79.4 Å².